The molecule has 0 atom stereocenters. The lowest BCUT2D eigenvalue weighted by Gasteiger charge is -2.16. The number of carboxylic acid groups (broad SMARTS) is 1. The first-order valence-electron chi connectivity index (χ1n) is 9.68. The van der Waals surface area contributed by atoms with Crippen molar-refractivity contribution in [2.75, 3.05) is 10.0 Å². The van der Waals surface area contributed by atoms with E-state index in [0.29, 0.717) is 30.4 Å². The highest BCUT2D eigenvalue weighted by atomic mass is 32.2. The van der Waals surface area contributed by atoms with Crippen molar-refractivity contribution in [1.29, 1.82) is 0 Å². The maximum Gasteiger partial charge on any atom is 0.335 e. The van der Waals surface area contributed by atoms with E-state index in [1.807, 2.05) is 0 Å². The second kappa shape index (κ2) is 8.39. The van der Waals surface area contributed by atoms with Crippen LogP contribution >= 0.6 is 0 Å². The number of benzene rings is 2. The van der Waals surface area contributed by atoms with Gasteiger partial charge >= 0.3 is 5.97 Å². The van der Waals surface area contributed by atoms with Crippen molar-refractivity contribution in [2.24, 2.45) is 0 Å². The van der Waals surface area contributed by atoms with Gasteiger partial charge in [0.25, 0.3) is 15.9 Å². The molecule has 4 rings (SSSR count). The number of amides is 1. The maximum atomic E-state index is 13.9. The number of aryl methyl sites for hydroxylation is 1. The van der Waals surface area contributed by atoms with E-state index in [1.54, 1.807) is 12.1 Å². The van der Waals surface area contributed by atoms with Crippen molar-refractivity contribution in [3.63, 3.8) is 0 Å². The second-order valence-electron chi connectivity index (χ2n) is 7.24. The molecule has 0 radical (unpaired) electrons. The minimum absolute atomic E-state index is 0.0247. The number of carbonyl (C=O) groups is 2. The van der Waals surface area contributed by atoms with Gasteiger partial charge in [-0.1, -0.05) is 6.07 Å². The number of aromatic carboxylic acids is 1. The number of nitrogens with one attached hydrogen (secondary N) is 2. The SMILES string of the molecule is O=C(O)c1cc2c(c(S(=O)(=O)Nc3cc(F)ccc3NC(=O)c3ccccn3)c1)CCC2. The minimum atomic E-state index is -4.28. The van der Waals surface area contributed by atoms with Crippen molar-refractivity contribution in [3.8, 4) is 0 Å². The smallest absolute Gasteiger partial charge is 0.335 e. The molecule has 1 aliphatic carbocycles. The zero-order chi connectivity index (χ0) is 22.9. The Labute approximate surface area is 183 Å². The van der Waals surface area contributed by atoms with Crippen molar-refractivity contribution in [3.05, 3.63) is 82.9 Å². The molecule has 0 spiro atoms. The van der Waals surface area contributed by atoms with Crippen LogP contribution in [0, 0.1) is 5.82 Å². The van der Waals surface area contributed by atoms with E-state index in [9.17, 15) is 27.5 Å². The topological polar surface area (TPSA) is 125 Å². The van der Waals surface area contributed by atoms with Gasteiger partial charge < -0.3 is 10.4 Å². The standard InChI is InChI=1S/C22H18FN3O5S/c23-15-7-8-17(25-21(27)18-6-1-2-9-24-18)19(12-15)26-32(30,31)20-11-14(22(28)29)10-13-4-3-5-16(13)20/h1-2,6-12,26H,3-5H2,(H,25,27)(H,28,29). The zero-order valence-corrected chi connectivity index (χ0v) is 17.4. The predicted molar refractivity (Wildman–Crippen MR) is 115 cm³/mol. The first-order chi connectivity index (χ1) is 15.2. The molecule has 2 aromatic carbocycles. The number of sulfonamides is 1. The quantitative estimate of drug-likeness (QED) is 0.523. The number of fused-ring (bicyclic) bond motifs is 1. The number of hydrogen-bond acceptors (Lipinski definition) is 5. The van der Waals surface area contributed by atoms with Crippen LogP contribution in [0.15, 0.2) is 59.6 Å². The molecule has 10 heteroatoms. The molecule has 3 N–H and O–H groups in total. The molecule has 1 aliphatic rings. The third kappa shape index (κ3) is 4.30. The number of nitrogens with zero attached hydrogens (tertiary/aromatic N) is 1. The first kappa shape index (κ1) is 21.4. The molecular formula is C22H18FN3O5S. The Kier molecular flexibility index (Phi) is 5.62. The third-order valence-electron chi connectivity index (χ3n) is 5.08. The molecule has 1 heterocycles. The summed E-state index contributed by atoms with van der Waals surface area (Å²) >= 11 is 0. The molecule has 0 aliphatic heterocycles. The molecule has 0 bridgehead atoms. The van der Waals surface area contributed by atoms with Crippen LogP contribution in [0.4, 0.5) is 15.8 Å². The van der Waals surface area contributed by atoms with Crippen LogP contribution in [0.25, 0.3) is 0 Å². The summed E-state index contributed by atoms with van der Waals surface area (Å²) in [6.45, 7) is 0. The largest absolute Gasteiger partial charge is 0.478 e. The number of anilines is 2. The normalized spacial score (nSPS) is 12.8. The number of aromatic nitrogens is 1. The Bertz CT molecular complexity index is 1330. The van der Waals surface area contributed by atoms with Crippen molar-refractivity contribution in [1.82, 2.24) is 4.98 Å². The molecular weight excluding hydrogens is 437 g/mol. The van der Waals surface area contributed by atoms with Gasteiger partial charge in [0.1, 0.15) is 11.5 Å². The third-order valence-corrected chi connectivity index (χ3v) is 6.51. The van der Waals surface area contributed by atoms with E-state index in [-0.39, 0.29) is 27.5 Å². The molecule has 164 valence electrons. The first-order valence-corrected chi connectivity index (χ1v) is 11.2. The minimum Gasteiger partial charge on any atom is -0.478 e. The maximum absolute atomic E-state index is 13.9. The van der Waals surface area contributed by atoms with Gasteiger partial charge in [-0.2, -0.15) is 0 Å². The lowest BCUT2D eigenvalue weighted by Crippen LogP contribution is -2.19. The number of carbonyl (C=O) groups excluding carboxylic acids is 1. The van der Waals surface area contributed by atoms with Crippen molar-refractivity contribution < 1.29 is 27.5 Å². The molecule has 0 unspecified atom stereocenters. The molecule has 8 nitrogen and oxygen atoms in total. The summed E-state index contributed by atoms with van der Waals surface area (Å²) in [7, 11) is -4.28. The van der Waals surface area contributed by atoms with Crippen LogP contribution in [0.2, 0.25) is 0 Å². The van der Waals surface area contributed by atoms with Gasteiger partial charge in [-0.25, -0.2) is 17.6 Å². The summed E-state index contributed by atoms with van der Waals surface area (Å²) in [6.07, 6.45) is 3.19. The van der Waals surface area contributed by atoms with Crippen molar-refractivity contribution in [2.45, 2.75) is 24.2 Å². The van der Waals surface area contributed by atoms with Gasteiger partial charge in [-0.3, -0.25) is 14.5 Å². The zero-order valence-electron chi connectivity index (χ0n) is 16.6. The lowest BCUT2D eigenvalue weighted by atomic mass is 10.1. The number of hydrogen-bond donors (Lipinski definition) is 3. The Hall–Kier alpha value is -3.79. The van der Waals surface area contributed by atoms with Crippen LogP contribution in [0.1, 0.15) is 38.4 Å². The van der Waals surface area contributed by atoms with E-state index in [4.69, 9.17) is 0 Å². The molecule has 1 amide bonds. The molecule has 1 aromatic heterocycles. The van der Waals surface area contributed by atoms with Gasteiger partial charge in [0.05, 0.1) is 21.8 Å². The van der Waals surface area contributed by atoms with E-state index in [0.717, 1.165) is 18.2 Å². The Morgan fingerprint density at radius 1 is 1.03 bits per heavy atom. The van der Waals surface area contributed by atoms with E-state index < -0.39 is 27.7 Å². The number of pyridine rings is 1. The van der Waals surface area contributed by atoms with Gasteiger partial charge in [0.2, 0.25) is 0 Å². The van der Waals surface area contributed by atoms with Gasteiger partial charge in [-0.15, -0.1) is 0 Å². The Morgan fingerprint density at radius 3 is 2.56 bits per heavy atom. The summed E-state index contributed by atoms with van der Waals surface area (Å²) in [4.78, 5) is 27.7. The Morgan fingerprint density at radius 2 is 1.84 bits per heavy atom. The highest BCUT2D eigenvalue weighted by Crippen LogP contribution is 2.33. The molecule has 0 saturated carbocycles. The molecule has 0 saturated heterocycles. The highest BCUT2D eigenvalue weighted by molar-refractivity contribution is 7.92. The summed E-state index contributed by atoms with van der Waals surface area (Å²) in [5, 5.41) is 11.9. The summed E-state index contributed by atoms with van der Waals surface area (Å²) in [5.41, 5.74) is 0.983. The van der Waals surface area contributed by atoms with E-state index in [2.05, 4.69) is 15.0 Å². The number of carboxylic acids is 1. The summed E-state index contributed by atoms with van der Waals surface area (Å²) in [6, 6.07) is 10.5. The molecule has 3 aromatic rings. The van der Waals surface area contributed by atoms with Crippen molar-refractivity contribution >= 4 is 33.3 Å². The Balaban J connectivity index is 1.71. The average molecular weight is 455 g/mol. The predicted octanol–water partition coefficient (Wildman–Crippen LogP) is 3.46. The van der Waals surface area contributed by atoms with Crippen LogP contribution in [-0.4, -0.2) is 30.4 Å². The van der Waals surface area contributed by atoms with Crippen LogP contribution < -0.4 is 10.0 Å². The lowest BCUT2D eigenvalue weighted by molar-refractivity contribution is 0.0696. The second-order valence-corrected chi connectivity index (χ2v) is 8.89. The molecule has 32 heavy (non-hydrogen) atoms. The number of halogens is 1. The fourth-order valence-electron chi connectivity index (χ4n) is 3.62. The van der Waals surface area contributed by atoms with Crippen LogP contribution in [0.5, 0.6) is 0 Å². The molecule has 0 fully saturated rings. The van der Waals surface area contributed by atoms with E-state index >= 15 is 0 Å². The van der Waals surface area contributed by atoms with Gasteiger partial charge in [0.15, 0.2) is 0 Å². The van der Waals surface area contributed by atoms with Gasteiger partial charge in [0, 0.05) is 12.3 Å². The fraction of sp³-hybridized carbons (Fsp3) is 0.136. The van der Waals surface area contributed by atoms with E-state index in [1.165, 1.54) is 24.4 Å². The number of rotatable bonds is 6. The van der Waals surface area contributed by atoms with Gasteiger partial charge in [-0.05, 0) is 66.8 Å². The highest BCUT2D eigenvalue weighted by Gasteiger charge is 2.27. The van der Waals surface area contributed by atoms with Crippen LogP contribution in [-0.2, 0) is 22.9 Å². The monoisotopic (exact) mass is 455 g/mol. The summed E-state index contributed by atoms with van der Waals surface area (Å²) < 4.78 is 42.6. The van der Waals surface area contributed by atoms with Crippen LogP contribution in [0.3, 0.4) is 0 Å². The summed E-state index contributed by atoms with van der Waals surface area (Å²) in [5.74, 6) is -2.57. The fourth-order valence-corrected chi connectivity index (χ4v) is 5.03. The average Bonchev–Trinajstić information content (AvgIpc) is 3.24.